The lowest BCUT2D eigenvalue weighted by molar-refractivity contribution is -0.156. The van der Waals surface area contributed by atoms with Crippen molar-refractivity contribution in [3.63, 3.8) is 0 Å². The van der Waals surface area contributed by atoms with E-state index in [1.165, 1.54) is 12.1 Å². The van der Waals surface area contributed by atoms with E-state index in [2.05, 4.69) is 11.8 Å². The number of carbonyl (C=O) groups excluding carboxylic acids is 2. The van der Waals surface area contributed by atoms with Crippen molar-refractivity contribution in [3.05, 3.63) is 30.1 Å². The van der Waals surface area contributed by atoms with Crippen molar-refractivity contribution >= 4 is 17.5 Å². The smallest absolute Gasteiger partial charge is 0.237 e. The van der Waals surface area contributed by atoms with Crippen LogP contribution in [0.5, 0.6) is 0 Å². The predicted molar refractivity (Wildman–Crippen MR) is 109 cm³/mol. The van der Waals surface area contributed by atoms with Crippen molar-refractivity contribution in [1.82, 2.24) is 9.80 Å². The second kappa shape index (κ2) is 8.50. The minimum Gasteiger partial charge on any atom is -0.368 e. The van der Waals surface area contributed by atoms with Crippen LogP contribution in [0.25, 0.3) is 0 Å². The summed E-state index contributed by atoms with van der Waals surface area (Å²) in [5, 5.41) is 0. The van der Waals surface area contributed by atoms with Crippen molar-refractivity contribution in [2.24, 2.45) is 5.41 Å². The van der Waals surface area contributed by atoms with Crippen LogP contribution in [0, 0.1) is 11.2 Å². The van der Waals surface area contributed by atoms with Gasteiger partial charge in [-0.2, -0.15) is 0 Å². The number of piperazine rings is 1. The van der Waals surface area contributed by atoms with Gasteiger partial charge in [-0.05, 0) is 63.8 Å². The Balaban J connectivity index is 1.63. The minimum absolute atomic E-state index is 0.0370. The van der Waals surface area contributed by atoms with Crippen LogP contribution >= 0.6 is 0 Å². The summed E-state index contributed by atoms with van der Waals surface area (Å²) in [5.74, 6) is -0.373. The molecule has 6 heteroatoms. The first-order valence-electron chi connectivity index (χ1n) is 10.5. The fraction of sp³-hybridized carbons (Fsp3) is 0.636. The lowest BCUT2D eigenvalue weighted by Crippen LogP contribution is -2.57. The molecule has 1 unspecified atom stereocenters. The molecular formula is C22H32FN3O2. The van der Waals surface area contributed by atoms with Crippen LogP contribution in [-0.2, 0) is 9.59 Å². The summed E-state index contributed by atoms with van der Waals surface area (Å²) >= 11 is 0. The molecule has 0 radical (unpaired) electrons. The van der Waals surface area contributed by atoms with Gasteiger partial charge in [0, 0.05) is 44.5 Å². The zero-order chi connectivity index (χ0) is 20.3. The molecule has 0 N–H and O–H groups in total. The van der Waals surface area contributed by atoms with Gasteiger partial charge in [0.2, 0.25) is 11.8 Å². The van der Waals surface area contributed by atoms with E-state index < -0.39 is 5.41 Å². The van der Waals surface area contributed by atoms with Gasteiger partial charge >= 0.3 is 0 Å². The van der Waals surface area contributed by atoms with Crippen molar-refractivity contribution in [1.29, 1.82) is 0 Å². The predicted octanol–water partition coefficient (Wildman–Crippen LogP) is 3.29. The molecule has 28 heavy (non-hydrogen) atoms. The molecule has 2 saturated heterocycles. The van der Waals surface area contributed by atoms with Crippen molar-refractivity contribution in [2.45, 2.75) is 52.5 Å². The number of halogens is 1. The van der Waals surface area contributed by atoms with Gasteiger partial charge in [-0.3, -0.25) is 9.59 Å². The number of benzene rings is 1. The summed E-state index contributed by atoms with van der Waals surface area (Å²) in [6.45, 7) is 8.92. The molecule has 2 heterocycles. The third kappa shape index (κ3) is 4.15. The highest BCUT2D eigenvalue weighted by atomic mass is 19.1. The zero-order valence-corrected chi connectivity index (χ0v) is 17.3. The van der Waals surface area contributed by atoms with Crippen LogP contribution in [0.3, 0.4) is 0 Å². The Hall–Kier alpha value is -2.11. The van der Waals surface area contributed by atoms with Crippen LogP contribution in [-0.4, -0.2) is 60.4 Å². The van der Waals surface area contributed by atoms with E-state index in [4.69, 9.17) is 0 Å². The Bertz CT molecular complexity index is 696. The highest BCUT2D eigenvalue weighted by Crippen LogP contribution is 2.29. The van der Waals surface area contributed by atoms with E-state index in [1.807, 2.05) is 9.80 Å². The number of rotatable bonds is 4. The van der Waals surface area contributed by atoms with Gasteiger partial charge in [-0.15, -0.1) is 0 Å². The van der Waals surface area contributed by atoms with E-state index >= 15 is 0 Å². The molecule has 3 rings (SSSR count). The fourth-order valence-electron chi connectivity index (χ4n) is 4.36. The number of nitrogens with zero attached hydrogens (tertiary/aromatic N) is 3. The van der Waals surface area contributed by atoms with E-state index in [1.54, 1.807) is 26.0 Å². The maximum absolute atomic E-state index is 13.2. The topological polar surface area (TPSA) is 43.9 Å². The molecule has 2 amide bonds. The van der Waals surface area contributed by atoms with Crippen molar-refractivity contribution < 1.29 is 14.0 Å². The Labute approximate surface area is 167 Å². The van der Waals surface area contributed by atoms with Gasteiger partial charge < -0.3 is 14.7 Å². The highest BCUT2D eigenvalue weighted by Gasteiger charge is 2.44. The maximum Gasteiger partial charge on any atom is 0.237 e. The van der Waals surface area contributed by atoms with Crippen molar-refractivity contribution in [3.8, 4) is 0 Å². The minimum atomic E-state index is -1.04. The van der Waals surface area contributed by atoms with Crippen LogP contribution in [0.1, 0.15) is 46.5 Å². The Kier molecular flexibility index (Phi) is 6.26. The van der Waals surface area contributed by atoms with Crippen LogP contribution in [0.4, 0.5) is 10.1 Å². The second-order valence-electron chi connectivity index (χ2n) is 8.44. The molecule has 0 bridgehead atoms. The summed E-state index contributed by atoms with van der Waals surface area (Å²) in [5.41, 5.74) is -0.0778. The molecule has 0 aliphatic carbocycles. The largest absolute Gasteiger partial charge is 0.368 e. The van der Waals surface area contributed by atoms with E-state index in [0.29, 0.717) is 26.2 Å². The molecule has 5 nitrogen and oxygen atoms in total. The molecule has 0 aromatic heterocycles. The van der Waals surface area contributed by atoms with Crippen LogP contribution in [0.15, 0.2) is 24.3 Å². The zero-order valence-electron chi connectivity index (χ0n) is 17.3. The Morgan fingerprint density at radius 3 is 2.25 bits per heavy atom. The van der Waals surface area contributed by atoms with Crippen LogP contribution in [0.2, 0.25) is 0 Å². The summed E-state index contributed by atoms with van der Waals surface area (Å²) in [7, 11) is 0. The first-order chi connectivity index (χ1) is 13.3. The normalized spacial score (nSPS) is 21.0. The van der Waals surface area contributed by atoms with Gasteiger partial charge in [0.25, 0.3) is 0 Å². The summed E-state index contributed by atoms with van der Waals surface area (Å²) in [4.78, 5) is 32.3. The fourth-order valence-corrected chi connectivity index (χ4v) is 4.36. The highest BCUT2D eigenvalue weighted by molar-refractivity contribution is 6.04. The number of anilines is 1. The lowest BCUT2D eigenvalue weighted by Gasteiger charge is -2.42. The summed E-state index contributed by atoms with van der Waals surface area (Å²) in [6, 6.07) is 6.70. The molecule has 1 aromatic rings. The molecule has 0 saturated carbocycles. The van der Waals surface area contributed by atoms with Gasteiger partial charge in [0.1, 0.15) is 11.2 Å². The Morgan fingerprint density at radius 2 is 1.64 bits per heavy atom. The third-order valence-corrected chi connectivity index (χ3v) is 6.19. The standard InChI is InChI=1S/C22H32FN3O2/c1-4-18-7-5-6-12-26(18)21(28)22(2,3)20(27)25-15-13-24(14-16-25)19-10-8-17(23)9-11-19/h8-11,18H,4-7,12-16H2,1-3H3. The molecule has 2 aliphatic rings. The number of hydrogen-bond acceptors (Lipinski definition) is 3. The lowest BCUT2D eigenvalue weighted by atomic mass is 9.86. The van der Waals surface area contributed by atoms with Gasteiger partial charge in [-0.1, -0.05) is 6.92 Å². The van der Waals surface area contributed by atoms with Crippen molar-refractivity contribution in [2.75, 3.05) is 37.6 Å². The first kappa shape index (κ1) is 20.6. The monoisotopic (exact) mass is 389 g/mol. The first-order valence-corrected chi connectivity index (χ1v) is 10.5. The van der Waals surface area contributed by atoms with E-state index in [0.717, 1.165) is 37.9 Å². The van der Waals surface area contributed by atoms with Gasteiger partial charge in [-0.25, -0.2) is 4.39 Å². The average Bonchev–Trinajstić information content (AvgIpc) is 2.73. The van der Waals surface area contributed by atoms with Gasteiger partial charge in [0.15, 0.2) is 0 Å². The Morgan fingerprint density at radius 1 is 1.00 bits per heavy atom. The van der Waals surface area contributed by atoms with E-state index in [-0.39, 0.29) is 23.7 Å². The average molecular weight is 390 g/mol. The molecule has 2 fully saturated rings. The number of carbonyl (C=O) groups is 2. The number of piperidine rings is 1. The quantitative estimate of drug-likeness (QED) is 0.743. The molecule has 154 valence electrons. The molecule has 0 spiro atoms. The second-order valence-corrected chi connectivity index (χ2v) is 8.44. The number of hydrogen-bond donors (Lipinski definition) is 0. The molecular weight excluding hydrogens is 357 g/mol. The molecule has 2 aliphatic heterocycles. The number of likely N-dealkylation sites (tertiary alicyclic amines) is 1. The maximum atomic E-state index is 13.2. The SMILES string of the molecule is CCC1CCCCN1C(=O)C(C)(C)C(=O)N1CCN(c2ccc(F)cc2)CC1. The summed E-state index contributed by atoms with van der Waals surface area (Å²) < 4.78 is 13.1. The third-order valence-electron chi connectivity index (χ3n) is 6.19. The number of amides is 2. The van der Waals surface area contributed by atoms with E-state index in [9.17, 15) is 14.0 Å². The molecule has 1 aromatic carbocycles. The summed E-state index contributed by atoms with van der Waals surface area (Å²) in [6.07, 6.45) is 4.14. The van der Waals surface area contributed by atoms with Gasteiger partial charge in [0.05, 0.1) is 0 Å². The van der Waals surface area contributed by atoms with Crippen LogP contribution < -0.4 is 4.90 Å². The molecule has 1 atom stereocenters.